The Hall–Kier alpha value is -2.62. The molecule has 0 radical (unpaired) electrons. The first kappa shape index (κ1) is 18.2. The van der Waals surface area contributed by atoms with E-state index >= 15 is 0 Å². The molecule has 128 valence electrons. The molecule has 3 aromatic rings. The van der Waals surface area contributed by atoms with Gasteiger partial charge in [-0.3, -0.25) is 0 Å². The third-order valence-corrected chi connectivity index (χ3v) is 5.18. The molecule has 1 nitrogen and oxygen atoms in total. The maximum Gasteiger partial charge on any atom is 0.0349 e. The van der Waals surface area contributed by atoms with Gasteiger partial charge in [-0.05, 0) is 75.6 Å². The standard InChI is InChI=1S/C23H19NS2/c1-17(18-6-3-2-4-7-18)14-20(11-13-25)19-9-10-23-21(15-19)16-22(26-23)8-5-12-24/h2-16,24-25H,1H2/b8-5-,13-11-,20-14+,24-12?. The van der Waals surface area contributed by atoms with Crippen molar-refractivity contribution in [2.24, 2.45) is 0 Å². The summed E-state index contributed by atoms with van der Waals surface area (Å²) in [7, 11) is 0. The van der Waals surface area contributed by atoms with Gasteiger partial charge < -0.3 is 5.41 Å². The molecule has 0 bridgehead atoms. The zero-order valence-corrected chi connectivity index (χ0v) is 15.9. The highest BCUT2D eigenvalue weighted by molar-refractivity contribution is 7.83. The lowest BCUT2D eigenvalue weighted by Crippen LogP contribution is -1.84. The Morgan fingerprint density at radius 1 is 1.04 bits per heavy atom. The van der Waals surface area contributed by atoms with Crippen molar-refractivity contribution < 1.29 is 0 Å². The molecule has 0 aliphatic rings. The molecule has 0 spiro atoms. The van der Waals surface area contributed by atoms with Gasteiger partial charge in [0.05, 0.1) is 0 Å². The van der Waals surface area contributed by atoms with Crippen LogP contribution < -0.4 is 0 Å². The number of fused-ring (bicyclic) bond motifs is 1. The van der Waals surface area contributed by atoms with E-state index in [2.05, 4.69) is 61.7 Å². The molecule has 3 rings (SSSR count). The SMILES string of the molecule is C=C(/C=C(\C=C/S)c1ccc2sc(/C=C\C=N)cc2c1)c1ccccc1. The first-order chi connectivity index (χ1) is 12.7. The lowest BCUT2D eigenvalue weighted by Gasteiger charge is -2.06. The van der Waals surface area contributed by atoms with Gasteiger partial charge in [-0.25, -0.2) is 0 Å². The fourth-order valence-electron chi connectivity index (χ4n) is 2.70. The van der Waals surface area contributed by atoms with Crippen molar-refractivity contribution in [3.63, 3.8) is 0 Å². The Labute approximate surface area is 163 Å². The summed E-state index contributed by atoms with van der Waals surface area (Å²) in [5.74, 6) is 0. The van der Waals surface area contributed by atoms with Gasteiger partial charge in [-0.1, -0.05) is 43.0 Å². The molecule has 0 fully saturated rings. The second-order valence-corrected chi connectivity index (χ2v) is 7.15. The zero-order valence-electron chi connectivity index (χ0n) is 14.2. The molecule has 26 heavy (non-hydrogen) atoms. The number of thiophene rings is 1. The smallest absolute Gasteiger partial charge is 0.0349 e. The van der Waals surface area contributed by atoms with Gasteiger partial charge >= 0.3 is 0 Å². The van der Waals surface area contributed by atoms with Crippen LogP contribution in [0.3, 0.4) is 0 Å². The van der Waals surface area contributed by atoms with E-state index in [1.807, 2.05) is 30.4 Å². The van der Waals surface area contributed by atoms with E-state index in [0.29, 0.717) is 0 Å². The predicted molar refractivity (Wildman–Crippen MR) is 121 cm³/mol. The molecule has 0 atom stereocenters. The van der Waals surface area contributed by atoms with Crippen molar-refractivity contribution in [2.45, 2.75) is 0 Å². The number of hydrogen-bond acceptors (Lipinski definition) is 3. The third-order valence-electron chi connectivity index (χ3n) is 3.95. The molecule has 0 amide bonds. The summed E-state index contributed by atoms with van der Waals surface area (Å²) in [6, 6.07) is 18.8. The minimum absolute atomic E-state index is 0.965. The third kappa shape index (κ3) is 4.31. The Balaban J connectivity index is 1.99. The summed E-state index contributed by atoms with van der Waals surface area (Å²) >= 11 is 5.98. The number of thiol groups is 1. The number of benzene rings is 2. The van der Waals surface area contributed by atoms with Gasteiger partial charge in [0.25, 0.3) is 0 Å². The summed E-state index contributed by atoms with van der Waals surface area (Å²) in [6.07, 6.45) is 9.07. The van der Waals surface area contributed by atoms with Crippen LogP contribution in [0.25, 0.3) is 27.3 Å². The Morgan fingerprint density at radius 2 is 1.85 bits per heavy atom. The summed E-state index contributed by atoms with van der Waals surface area (Å²) in [4.78, 5) is 1.14. The van der Waals surface area contributed by atoms with Gasteiger partial charge in [-0.15, -0.1) is 11.3 Å². The molecule has 2 aromatic carbocycles. The topological polar surface area (TPSA) is 23.9 Å². The molecule has 1 heterocycles. The monoisotopic (exact) mass is 373 g/mol. The van der Waals surface area contributed by atoms with Crippen molar-refractivity contribution in [3.05, 3.63) is 101 Å². The minimum atomic E-state index is 0.965. The van der Waals surface area contributed by atoms with E-state index in [9.17, 15) is 0 Å². The van der Waals surface area contributed by atoms with Crippen LogP contribution in [-0.2, 0) is 0 Å². The highest BCUT2D eigenvalue weighted by Gasteiger charge is 2.05. The van der Waals surface area contributed by atoms with E-state index in [1.54, 1.807) is 22.8 Å². The number of nitrogens with one attached hydrogen (secondary N) is 1. The van der Waals surface area contributed by atoms with Gasteiger partial charge in [0.15, 0.2) is 0 Å². The van der Waals surface area contributed by atoms with Crippen molar-refractivity contribution in [1.82, 2.24) is 0 Å². The fourth-order valence-corrected chi connectivity index (χ4v) is 3.82. The molecule has 0 unspecified atom stereocenters. The minimum Gasteiger partial charge on any atom is -0.309 e. The Kier molecular flexibility index (Phi) is 6.05. The van der Waals surface area contributed by atoms with Crippen LogP contribution in [-0.4, -0.2) is 6.21 Å². The summed E-state index contributed by atoms with van der Waals surface area (Å²) in [5, 5.41) is 10.1. The second kappa shape index (κ2) is 8.65. The first-order valence-electron chi connectivity index (χ1n) is 8.19. The molecular formula is C23H19NS2. The normalized spacial score (nSPS) is 12.3. The Morgan fingerprint density at radius 3 is 2.58 bits per heavy atom. The van der Waals surface area contributed by atoms with Gasteiger partial charge in [0, 0.05) is 15.8 Å². The average molecular weight is 374 g/mol. The lowest BCUT2D eigenvalue weighted by molar-refractivity contribution is 1.58. The first-order valence-corrected chi connectivity index (χ1v) is 9.52. The maximum absolute atomic E-state index is 7.12. The highest BCUT2D eigenvalue weighted by atomic mass is 32.1. The number of allylic oxidation sites excluding steroid dienone is 5. The fraction of sp³-hybridized carbons (Fsp3) is 0. The van der Waals surface area contributed by atoms with E-state index in [1.165, 1.54) is 16.3 Å². The van der Waals surface area contributed by atoms with Crippen LogP contribution in [0.1, 0.15) is 16.0 Å². The molecule has 0 saturated heterocycles. The van der Waals surface area contributed by atoms with Gasteiger partial charge in [-0.2, -0.15) is 12.6 Å². The van der Waals surface area contributed by atoms with Gasteiger partial charge in [0.2, 0.25) is 0 Å². The molecule has 1 N–H and O–H groups in total. The maximum atomic E-state index is 7.12. The molecule has 1 aromatic heterocycles. The molecule has 0 aliphatic carbocycles. The van der Waals surface area contributed by atoms with Crippen molar-refractivity contribution in [3.8, 4) is 0 Å². The Bertz CT molecular complexity index is 1020. The summed E-state index contributed by atoms with van der Waals surface area (Å²) in [5.41, 5.74) is 4.26. The van der Waals surface area contributed by atoms with Crippen LogP contribution in [0.2, 0.25) is 0 Å². The van der Waals surface area contributed by atoms with Crippen LogP contribution in [0.4, 0.5) is 0 Å². The zero-order chi connectivity index (χ0) is 18.4. The highest BCUT2D eigenvalue weighted by Crippen LogP contribution is 2.31. The summed E-state index contributed by atoms with van der Waals surface area (Å²) in [6.45, 7) is 4.21. The van der Waals surface area contributed by atoms with E-state index in [4.69, 9.17) is 5.41 Å². The molecular weight excluding hydrogens is 354 g/mol. The van der Waals surface area contributed by atoms with Crippen LogP contribution in [0, 0.1) is 5.41 Å². The van der Waals surface area contributed by atoms with Crippen LogP contribution >= 0.6 is 24.0 Å². The van der Waals surface area contributed by atoms with Gasteiger partial charge in [0.1, 0.15) is 0 Å². The van der Waals surface area contributed by atoms with Crippen molar-refractivity contribution in [1.29, 1.82) is 5.41 Å². The van der Waals surface area contributed by atoms with E-state index < -0.39 is 0 Å². The molecule has 0 aliphatic heterocycles. The average Bonchev–Trinajstić information content (AvgIpc) is 3.08. The summed E-state index contributed by atoms with van der Waals surface area (Å²) < 4.78 is 1.23. The number of rotatable bonds is 6. The van der Waals surface area contributed by atoms with E-state index in [-0.39, 0.29) is 0 Å². The van der Waals surface area contributed by atoms with Crippen molar-refractivity contribution >= 4 is 57.5 Å². The largest absolute Gasteiger partial charge is 0.309 e. The lowest BCUT2D eigenvalue weighted by atomic mass is 9.99. The molecule has 0 saturated carbocycles. The van der Waals surface area contributed by atoms with Crippen LogP contribution in [0.15, 0.2) is 84.8 Å². The number of hydrogen-bond donors (Lipinski definition) is 2. The predicted octanol–water partition coefficient (Wildman–Crippen LogP) is 7.10. The molecule has 3 heteroatoms. The van der Waals surface area contributed by atoms with E-state index in [0.717, 1.165) is 27.2 Å². The van der Waals surface area contributed by atoms with Crippen LogP contribution in [0.5, 0.6) is 0 Å². The second-order valence-electron chi connectivity index (χ2n) is 5.73. The quantitative estimate of drug-likeness (QED) is 0.261. The van der Waals surface area contributed by atoms with Crippen molar-refractivity contribution in [2.75, 3.05) is 0 Å².